The second-order valence-corrected chi connectivity index (χ2v) is 6.82. The summed E-state index contributed by atoms with van der Waals surface area (Å²) in [6.45, 7) is 2.02. The van der Waals surface area contributed by atoms with Crippen LogP contribution in [0, 0.1) is 12.8 Å². The average Bonchev–Trinajstić information content (AvgIpc) is 3.32. The Labute approximate surface area is 152 Å². The van der Waals surface area contributed by atoms with E-state index in [9.17, 15) is 4.79 Å². The van der Waals surface area contributed by atoms with E-state index >= 15 is 0 Å². The van der Waals surface area contributed by atoms with Crippen LogP contribution in [-0.4, -0.2) is 28.2 Å². The molecule has 2 heterocycles. The number of benzene rings is 1. The summed E-state index contributed by atoms with van der Waals surface area (Å²) in [4.78, 5) is 17.1. The smallest absolute Gasteiger partial charge is 0.228 e. The van der Waals surface area contributed by atoms with E-state index in [2.05, 4.69) is 15.5 Å². The third-order valence-electron chi connectivity index (χ3n) is 5.07. The molecule has 1 aliphatic rings. The van der Waals surface area contributed by atoms with Gasteiger partial charge in [0.05, 0.1) is 18.2 Å². The van der Waals surface area contributed by atoms with Gasteiger partial charge >= 0.3 is 0 Å². The van der Waals surface area contributed by atoms with E-state index in [1.54, 1.807) is 7.11 Å². The van der Waals surface area contributed by atoms with Gasteiger partial charge in [-0.25, -0.2) is 4.98 Å². The Balaban J connectivity index is 1.64. The number of hydrogen-bond donors (Lipinski definition) is 2. The van der Waals surface area contributed by atoms with E-state index < -0.39 is 0 Å². The van der Waals surface area contributed by atoms with Gasteiger partial charge in [-0.1, -0.05) is 12.8 Å². The summed E-state index contributed by atoms with van der Waals surface area (Å²) < 4.78 is 5.21. The third kappa shape index (κ3) is 3.03. The van der Waals surface area contributed by atoms with Crippen molar-refractivity contribution in [2.75, 3.05) is 12.4 Å². The number of methoxy groups -OCH3 is 1. The molecule has 0 aliphatic heterocycles. The lowest BCUT2D eigenvalue weighted by molar-refractivity contribution is -0.119. The molecule has 0 bridgehead atoms. The molecule has 2 N–H and O–H groups in total. The summed E-state index contributed by atoms with van der Waals surface area (Å²) in [5, 5.41) is 11.0. The van der Waals surface area contributed by atoms with Crippen LogP contribution in [-0.2, 0) is 4.79 Å². The highest BCUT2D eigenvalue weighted by Crippen LogP contribution is 2.30. The average molecular weight is 350 g/mol. The molecule has 0 saturated heterocycles. The Morgan fingerprint density at radius 1 is 1.23 bits per heavy atom. The highest BCUT2D eigenvalue weighted by Gasteiger charge is 2.24. The normalized spacial score (nSPS) is 14.7. The Morgan fingerprint density at radius 2 is 1.96 bits per heavy atom. The molecule has 0 spiro atoms. The van der Waals surface area contributed by atoms with Crippen LogP contribution in [0.25, 0.3) is 22.3 Å². The molecular weight excluding hydrogens is 328 g/mol. The Bertz CT molecular complexity index is 940. The van der Waals surface area contributed by atoms with E-state index in [1.165, 1.54) is 0 Å². The zero-order valence-electron chi connectivity index (χ0n) is 15.0. The van der Waals surface area contributed by atoms with Crippen molar-refractivity contribution in [2.45, 2.75) is 32.6 Å². The van der Waals surface area contributed by atoms with Crippen molar-refractivity contribution in [3.63, 3.8) is 0 Å². The molecule has 1 aliphatic carbocycles. The van der Waals surface area contributed by atoms with Crippen molar-refractivity contribution in [3.8, 4) is 17.0 Å². The Morgan fingerprint density at radius 3 is 2.65 bits per heavy atom. The molecule has 4 rings (SSSR count). The maximum atomic E-state index is 12.4. The number of rotatable bonds is 4. The van der Waals surface area contributed by atoms with Gasteiger partial charge in [-0.3, -0.25) is 9.89 Å². The minimum absolute atomic E-state index is 0.0628. The molecule has 6 heteroatoms. The summed E-state index contributed by atoms with van der Waals surface area (Å²) in [6.07, 6.45) is 4.19. The van der Waals surface area contributed by atoms with E-state index in [0.717, 1.165) is 53.6 Å². The van der Waals surface area contributed by atoms with Gasteiger partial charge in [0.2, 0.25) is 5.91 Å². The first kappa shape index (κ1) is 16.6. The number of aromatic nitrogens is 3. The topological polar surface area (TPSA) is 79.9 Å². The number of carbonyl (C=O) groups excluding carboxylic acids is 1. The van der Waals surface area contributed by atoms with Crippen molar-refractivity contribution < 1.29 is 9.53 Å². The second-order valence-electron chi connectivity index (χ2n) is 6.82. The predicted octanol–water partition coefficient (Wildman–Crippen LogP) is 4.07. The van der Waals surface area contributed by atoms with Gasteiger partial charge in [-0.15, -0.1) is 0 Å². The van der Waals surface area contributed by atoms with Crippen LogP contribution in [0.4, 0.5) is 5.82 Å². The Kier molecular flexibility index (Phi) is 4.32. The number of carbonyl (C=O) groups is 1. The second kappa shape index (κ2) is 6.78. The number of aromatic amines is 1. The minimum Gasteiger partial charge on any atom is -0.497 e. The van der Waals surface area contributed by atoms with Crippen LogP contribution >= 0.6 is 0 Å². The summed E-state index contributed by atoms with van der Waals surface area (Å²) in [5.41, 5.74) is 3.59. The number of amides is 1. The summed E-state index contributed by atoms with van der Waals surface area (Å²) in [5.74, 6) is 1.54. The number of nitrogens with zero attached hydrogens (tertiary/aromatic N) is 2. The molecule has 1 amide bonds. The van der Waals surface area contributed by atoms with Crippen LogP contribution in [0.2, 0.25) is 0 Å². The molecule has 1 saturated carbocycles. The first-order chi connectivity index (χ1) is 12.7. The van der Waals surface area contributed by atoms with Crippen LogP contribution in [0.5, 0.6) is 5.75 Å². The lowest BCUT2D eigenvalue weighted by Crippen LogP contribution is -2.20. The maximum absolute atomic E-state index is 12.4. The van der Waals surface area contributed by atoms with Gasteiger partial charge in [0.25, 0.3) is 0 Å². The SMILES string of the molecule is COc1ccc(-c2nc3[nH]nc(NC(=O)C4CCCC4)c3cc2C)cc1. The van der Waals surface area contributed by atoms with Crippen molar-refractivity contribution in [1.29, 1.82) is 0 Å². The molecule has 0 unspecified atom stereocenters. The first-order valence-corrected chi connectivity index (χ1v) is 8.96. The van der Waals surface area contributed by atoms with Gasteiger partial charge in [0, 0.05) is 11.5 Å². The van der Waals surface area contributed by atoms with Gasteiger partial charge in [-0.05, 0) is 55.7 Å². The molecule has 134 valence electrons. The van der Waals surface area contributed by atoms with Crippen LogP contribution in [0.1, 0.15) is 31.2 Å². The molecule has 1 aromatic carbocycles. The van der Waals surface area contributed by atoms with E-state index in [-0.39, 0.29) is 11.8 Å². The quantitative estimate of drug-likeness (QED) is 0.743. The number of H-pyrrole nitrogens is 1. The zero-order chi connectivity index (χ0) is 18.1. The van der Waals surface area contributed by atoms with Crippen molar-refractivity contribution >= 4 is 22.8 Å². The molecular formula is C20H22N4O2. The molecule has 1 fully saturated rings. The fourth-order valence-electron chi connectivity index (χ4n) is 3.59. The molecule has 6 nitrogen and oxygen atoms in total. The van der Waals surface area contributed by atoms with Gasteiger partial charge < -0.3 is 10.1 Å². The predicted molar refractivity (Wildman–Crippen MR) is 101 cm³/mol. The van der Waals surface area contributed by atoms with Crippen molar-refractivity contribution in [1.82, 2.24) is 15.2 Å². The fourth-order valence-corrected chi connectivity index (χ4v) is 3.59. The molecule has 0 radical (unpaired) electrons. The van der Waals surface area contributed by atoms with Gasteiger partial charge in [0.1, 0.15) is 5.75 Å². The summed E-state index contributed by atoms with van der Waals surface area (Å²) in [7, 11) is 1.65. The lowest BCUT2D eigenvalue weighted by Gasteiger charge is -2.09. The summed E-state index contributed by atoms with van der Waals surface area (Å²) >= 11 is 0. The molecule has 2 aromatic heterocycles. The zero-order valence-corrected chi connectivity index (χ0v) is 15.0. The van der Waals surface area contributed by atoms with Crippen LogP contribution < -0.4 is 10.1 Å². The van der Waals surface area contributed by atoms with Gasteiger partial charge in [0.15, 0.2) is 11.5 Å². The molecule has 3 aromatic rings. The minimum atomic E-state index is 0.0628. The van der Waals surface area contributed by atoms with Crippen LogP contribution in [0.3, 0.4) is 0 Å². The lowest BCUT2D eigenvalue weighted by atomic mass is 10.1. The number of ether oxygens (including phenoxy) is 1. The maximum Gasteiger partial charge on any atom is 0.228 e. The van der Waals surface area contributed by atoms with E-state index in [4.69, 9.17) is 9.72 Å². The van der Waals surface area contributed by atoms with Crippen molar-refractivity contribution in [2.24, 2.45) is 5.92 Å². The monoisotopic (exact) mass is 350 g/mol. The molecule has 26 heavy (non-hydrogen) atoms. The number of hydrogen-bond acceptors (Lipinski definition) is 4. The molecule has 0 atom stereocenters. The third-order valence-corrected chi connectivity index (χ3v) is 5.07. The standard InChI is InChI=1S/C20H22N4O2/c1-12-11-16-18(21-17(12)13-7-9-15(26-2)10-8-13)23-24-19(16)22-20(25)14-5-3-4-6-14/h7-11,14H,3-6H2,1-2H3,(H2,21,22,23,24,25). The fraction of sp³-hybridized carbons (Fsp3) is 0.350. The number of anilines is 1. The largest absolute Gasteiger partial charge is 0.497 e. The van der Waals surface area contributed by atoms with Crippen LogP contribution in [0.15, 0.2) is 30.3 Å². The number of aryl methyl sites for hydroxylation is 1. The summed E-state index contributed by atoms with van der Waals surface area (Å²) in [6, 6.07) is 9.83. The van der Waals surface area contributed by atoms with Gasteiger partial charge in [-0.2, -0.15) is 5.10 Å². The number of fused-ring (bicyclic) bond motifs is 1. The number of pyridine rings is 1. The highest BCUT2D eigenvalue weighted by atomic mass is 16.5. The van der Waals surface area contributed by atoms with Crippen molar-refractivity contribution in [3.05, 3.63) is 35.9 Å². The highest BCUT2D eigenvalue weighted by molar-refractivity contribution is 6.00. The Hall–Kier alpha value is -2.89. The number of nitrogens with one attached hydrogen (secondary N) is 2. The van der Waals surface area contributed by atoms with E-state index in [0.29, 0.717) is 11.5 Å². The van der Waals surface area contributed by atoms with E-state index in [1.807, 2.05) is 37.3 Å². The first-order valence-electron chi connectivity index (χ1n) is 8.96.